The van der Waals surface area contributed by atoms with Crippen molar-refractivity contribution in [2.24, 2.45) is 11.8 Å². The highest BCUT2D eigenvalue weighted by Gasteiger charge is 2.16. The van der Waals surface area contributed by atoms with E-state index >= 15 is 0 Å². The van der Waals surface area contributed by atoms with Gasteiger partial charge in [-0.05, 0) is 12.3 Å². The number of rotatable bonds is 6. The molecular formula is C10H20O4. The first-order valence-electron chi connectivity index (χ1n) is 4.93. The number of hydrogen-bond acceptors (Lipinski definition) is 4. The fourth-order valence-corrected chi connectivity index (χ4v) is 1.18. The zero-order chi connectivity index (χ0) is 11.1. The summed E-state index contributed by atoms with van der Waals surface area (Å²) in [6.07, 6.45) is -0.196. The number of esters is 1. The first kappa shape index (κ1) is 13.4. The van der Waals surface area contributed by atoms with Gasteiger partial charge in [-0.1, -0.05) is 20.8 Å². The van der Waals surface area contributed by atoms with Crippen LogP contribution in [-0.4, -0.2) is 35.5 Å². The van der Waals surface area contributed by atoms with Crippen LogP contribution in [0.1, 0.15) is 27.2 Å². The molecule has 0 aliphatic carbocycles. The molecule has 14 heavy (non-hydrogen) atoms. The molecule has 0 heterocycles. The molecule has 0 radical (unpaired) electrons. The summed E-state index contributed by atoms with van der Waals surface area (Å²) in [5.41, 5.74) is 0. The van der Waals surface area contributed by atoms with Crippen LogP contribution >= 0.6 is 0 Å². The van der Waals surface area contributed by atoms with E-state index in [2.05, 4.69) is 0 Å². The Labute approximate surface area is 84.9 Å². The van der Waals surface area contributed by atoms with E-state index in [1.165, 1.54) is 0 Å². The molecule has 4 nitrogen and oxygen atoms in total. The highest BCUT2D eigenvalue weighted by Crippen LogP contribution is 2.12. The van der Waals surface area contributed by atoms with Gasteiger partial charge in [0.15, 0.2) is 0 Å². The molecule has 2 N–H and O–H groups in total. The Morgan fingerprint density at radius 3 is 2.36 bits per heavy atom. The molecule has 0 fully saturated rings. The van der Waals surface area contributed by atoms with E-state index < -0.39 is 6.10 Å². The fraction of sp³-hybridized carbons (Fsp3) is 0.900. The predicted molar refractivity (Wildman–Crippen MR) is 52.7 cm³/mol. The molecule has 0 aliphatic heterocycles. The van der Waals surface area contributed by atoms with Crippen molar-refractivity contribution in [1.82, 2.24) is 0 Å². The lowest BCUT2D eigenvalue weighted by atomic mass is 9.99. The SMILES string of the molecule is CC(C)CC(C)C(=O)OCC(O)CO. The van der Waals surface area contributed by atoms with Crippen LogP contribution in [0, 0.1) is 11.8 Å². The standard InChI is InChI=1S/C10H20O4/c1-7(2)4-8(3)10(13)14-6-9(12)5-11/h7-9,11-12H,4-6H2,1-3H3. The number of aliphatic hydroxyl groups excluding tert-OH is 2. The van der Waals surface area contributed by atoms with Crippen molar-refractivity contribution < 1.29 is 19.7 Å². The summed E-state index contributed by atoms with van der Waals surface area (Å²) < 4.78 is 4.81. The number of carbonyl (C=O) groups excluding carboxylic acids is 1. The van der Waals surface area contributed by atoms with Crippen molar-refractivity contribution in [2.75, 3.05) is 13.2 Å². The highest BCUT2D eigenvalue weighted by molar-refractivity contribution is 5.71. The molecule has 0 aliphatic rings. The Morgan fingerprint density at radius 1 is 1.36 bits per heavy atom. The summed E-state index contributed by atoms with van der Waals surface area (Å²) in [7, 11) is 0. The molecule has 0 bridgehead atoms. The lowest BCUT2D eigenvalue weighted by molar-refractivity contribution is -0.152. The Hall–Kier alpha value is -0.610. The topological polar surface area (TPSA) is 66.8 Å². The third-order valence-electron chi connectivity index (χ3n) is 1.86. The van der Waals surface area contributed by atoms with Crippen molar-refractivity contribution in [2.45, 2.75) is 33.3 Å². The van der Waals surface area contributed by atoms with E-state index in [0.29, 0.717) is 5.92 Å². The van der Waals surface area contributed by atoms with Crippen LogP contribution in [-0.2, 0) is 9.53 Å². The summed E-state index contributed by atoms with van der Waals surface area (Å²) in [6.45, 7) is 5.36. The van der Waals surface area contributed by atoms with Gasteiger partial charge in [0, 0.05) is 0 Å². The maximum absolute atomic E-state index is 11.3. The molecule has 0 aromatic rings. The van der Waals surface area contributed by atoms with Crippen LogP contribution in [0.3, 0.4) is 0 Å². The summed E-state index contributed by atoms with van der Waals surface area (Å²) in [6, 6.07) is 0. The second kappa shape index (κ2) is 6.79. The lowest BCUT2D eigenvalue weighted by Crippen LogP contribution is -2.25. The van der Waals surface area contributed by atoms with Crippen molar-refractivity contribution >= 4 is 5.97 Å². The monoisotopic (exact) mass is 204 g/mol. The van der Waals surface area contributed by atoms with E-state index in [-0.39, 0.29) is 25.1 Å². The Morgan fingerprint density at radius 2 is 1.93 bits per heavy atom. The van der Waals surface area contributed by atoms with E-state index in [4.69, 9.17) is 14.9 Å². The van der Waals surface area contributed by atoms with Crippen LogP contribution in [0.25, 0.3) is 0 Å². The molecule has 4 heteroatoms. The van der Waals surface area contributed by atoms with Crippen LogP contribution < -0.4 is 0 Å². The van der Waals surface area contributed by atoms with Crippen LogP contribution in [0.2, 0.25) is 0 Å². The average molecular weight is 204 g/mol. The molecule has 0 spiro atoms. The Bertz CT molecular complexity index is 168. The van der Waals surface area contributed by atoms with E-state index in [1.807, 2.05) is 13.8 Å². The molecule has 0 amide bonds. The molecule has 0 aromatic heterocycles. The summed E-state index contributed by atoms with van der Waals surface area (Å²) in [5.74, 6) is -0.0209. The van der Waals surface area contributed by atoms with Gasteiger partial charge in [0.25, 0.3) is 0 Å². The van der Waals surface area contributed by atoms with Gasteiger partial charge in [-0.15, -0.1) is 0 Å². The van der Waals surface area contributed by atoms with Gasteiger partial charge in [-0.25, -0.2) is 0 Å². The maximum Gasteiger partial charge on any atom is 0.308 e. The largest absolute Gasteiger partial charge is 0.463 e. The summed E-state index contributed by atoms with van der Waals surface area (Å²) in [4.78, 5) is 11.3. The minimum Gasteiger partial charge on any atom is -0.463 e. The number of aliphatic hydroxyl groups is 2. The van der Waals surface area contributed by atoms with Gasteiger partial charge in [0.05, 0.1) is 12.5 Å². The first-order valence-corrected chi connectivity index (χ1v) is 4.93. The summed E-state index contributed by atoms with van der Waals surface area (Å²) >= 11 is 0. The third kappa shape index (κ3) is 5.94. The normalized spacial score (nSPS) is 15.3. The molecular weight excluding hydrogens is 184 g/mol. The van der Waals surface area contributed by atoms with Crippen molar-refractivity contribution in [3.63, 3.8) is 0 Å². The van der Waals surface area contributed by atoms with E-state index in [1.54, 1.807) is 6.92 Å². The van der Waals surface area contributed by atoms with Gasteiger partial charge in [0.1, 0.15) is 12.7 Å². The minimum atomic E-state index is -0.967. The highest BCUT2D eigenvalue weighted by atomic mass is 16.5. The second-order valence-corrected chi connectivity index (χ2v) is 4.00. The molecule has 84 valence electrons. The molecule has 0 rings (SSSR count). The Kier molecular flexibility index (Phi) is 6.49. The zero-order valence-electron chi connectivity index (χ0n) is 9.06. The fourth-order valence-electron chi connectivity index (χ4n) is 1.18. The molecule has 0 saturated heterocycles. The first-order chi connectivity index (χ1) is 6.47. The third-order valence-corrected chi connectivity index (χ3v) is 1.86. The van der Waals surface area contributed by atoms with Crippen LogP contribution in [0.4, 0.5) is 0 Å². The second-order valence-electron chi connectivity index (χ2n) is 4.00. The van der Waals surface area contributed by atoms with Gasteiger partial charge >= 0.3 is 5.97 Å². The minimum absolute atomic E-state index is 0.127. The van der Waals surface area contributed by atoms with Gasteiger partial charge < -0.3 is 14.9 Å². The van der Waals surface area contributed by atoms with Crippen LogP contribution in [0.15, 0.2) is 0 Å². The average Bonchev–Trinajstić information content (AvgIpc) is 2.12. The quantitative estimate of drug-likeness (QED) is 0.621. The van der Waals surface area contributed by atoms with E-state index in [9.17, 15) is 4.79 Å². The van der Waals surface area contributed by atoms with Gasteiger partial charge in [0.2, 0.25) is 0 Å². The number of hydrogen-bond donors (Lipinski definition) is 2. The maximum atomic E-state index is 11.3. The Balaban J connectivity index is 3.73. The number of carbonyl (C=O) groups is 1. The van der Waals surface area contributed by atoms with Crippen molar-refractivity contribution in [3.8, 4) is 0 Å². The molecule has 2 atom stereocenters. The van der Waals surface area contributed by atoms with Crippen molar-refractivity contribution in [1.29, 1.82) is 0 Å². The molecule has 2 unspecified atom stereocenters. The smallest absolute Gasteiger partial charge is 0.308 e. The van der Waals surface area contributed by atoms with Gasteiger partial charge in [-0.2, -0.15) is 0 Å². The lowest BCUT2D eigenvalue weighted by Gasteiger charge is -2.14. The zero-order valence-corrected chi connectivity index (χ0v) is 9.06. The van der Waals surface area contributed by atoms with Crippen molar-refractivity contribution in [3.05, 3.63) is 0 Å². The summed E-state index contributed by atoms with van der Waals surface area (Å²) in [5, 5.41) is 17.4. The predicted octanol–water partition coefficient (Wildman–Crippen LogP) is 0.565. The number of ether oxygens (including phenoxy) is 1. The van der Waals surface area contributed by atoms with Gasteiger partial charge in [-0.3, -0.25) is 4.79 Å². The molecule has 0 aromatic carbocycles. The van der Waals surface area contributed by atoms with E-state index in [0.717, 1.165) is 6.42 Å². The van der Waals surface area contributed by atoms with Crippen LogP contribution in [0.5, 0.6) is 0 Å². The molecule has 0 saturated carbocycles.